The molecule has 2 unspecified atom stereocenters. The highest BCUT2D eigenvalue weighted by Crippen LogP contribution is 2.20. The minimum Gasteiger partial charge on any atom is -0.497 e. The molecule has 0 radical (unpaired) electrons. The lowest BCUT2D eigenvalue weighted by Gasteiger charge is -2.12. The first kappa shape index (κ1) is 28.0. The molecule has 9 heteroatoms. The number of pyridine rings is 1. The molecule has 1 aromatic carbocycles. The van der Waals surface area contributed by atoms with Crippen LogP contribution in [0.15, 0.2) is 42.6 Å². The second-order valence-electron chi connectivity index (χ2n) is 6.95. The van der Waals surface area contributed by atoms with Gasteiger partial charge in [0.05, 0.1) is 13.2 Å². The molecule has 2 atom stereocenters. The molecule has 3 N–H and O–H groups in total. The number of carbonyl (C=O) groups is 2. The van der Waals surface area contributed by atoms with Crippen LogP contribution in [0.25, 0.3) is 0 Å². The summed E-state index contributed by atoms with van der Waals surface area (Å²) in [6.45, 7) is 7.15. The minimum absolute atomic E-state index is 0.113. The Morgan fingerprint density at radius 2 is 1.94 bits per heavy atom. The van der Waals surface area contributed by atoms with Gasteiger partial charge in [0.2, 0.25) is 0 Å². The van der Waals surface area contributed by atoms with E-state index >= 15 is 0 Å². The van der Waals surface area contributed by atoms with Gasteiger partial charge >= 0.3 is 0 Å². The van der Waals surface area contributed by atoms with Crippen molar-refractivity contribution in [1.29, 1.82) is 0 Å². The largest absolute Gasteiger partial charge is 0.497 e. The number of nitrogens with one attached hydrogen (secondary N) is 3. The molecule has 2 amide bonds. The van der Waals surface area contributed by atoms with Crippen molar-refractivity contribution in [3.8, 4) is 5.75 Å². The summed E-state index contributed by atoms with van der Waals surface area (Å²) in [5.74, 6) is -0.168. The van der Waals surface area contributed by atoms with Crippen LogP contribution in [0.3, 0.4) is 0 Å². The highest BCUT2D eigenvalue weighted by atomic mass is 19.1. The number of hydrogen-bond acceptors (Lipinski definition) is 6. The van der Waals surface area contributed by atoms with Crippen molar-refractivity contribution in [3.05, 3.63) is 54.1 Å². The number of methoxy groups -OCH3 is 1. The lowest BCUT2D eigenvalue weighted by atomic mass is 10.2. The first-order valence-electron chi connectivity index (χ1n) is 11.1. The number of nitrogens with zero attached hydrogens (tertiary/aromatic N) is 1. The highest BCUT2D eigenvalue weighted by Gasteiger charge is 2.28. The predicted octanol–water partition coefficient (Wildman–Crippen LogP) is 3.40. The van der Waals surface area contributed by atoms with Crippen LogP contribution in [-0.2, 0) is 9.53 Å². The van der Waals surface area contributed by atoms with Crippen LogP contribution in [0.1, 0.15) is 44.1 Å². The summed E-state index contributed by atoms with van der Waals surface area (Å²) < 4.78 is 22.6. The maximum atomic E-state index is 12.3. The topological polar surface area (TPSA) is 102 Å². The molecule has 0 spiro atoms. The van der Waals surface area contributed by atoms with Crippen molar-refractivity contribution >= 4 is 17.5 Å². The average molecular weight is 463 g/mol. The van der Waals surface area contributed by atoms with Gasteiger partial charge in [-0.05, 0) is 51.1 Å². The molecule has 33 heavy (non-hydrogen) atoms. The molecule has 1 aliphatic rings. The van der Waals surface area contributed by atoms with Crippen molar-refractivity contribution in [3.63, 3.8) is 0 Å². The zero-order valence-electron chi connectivity index (χ0n) is 20.0. The summed E-state index contributed by atoms with van der Waals surface area (Å²) in [6.07, 6.45) is 2.79. The molecular weight excluding hydrogens is 427 g/mol. The van der Waals surface area contributed by atoms with Crippen molar-refractivity contribution in [2.24, 2.45) is 0 Å². The quantitative estimate of drug-likeness (QED) is 0.545. The van der Waals surface area contributed by atoms with Gasteiger partial charge in [-0.25, -0.2) is 4.39 Å². The lowest BCUT2D eigenvalue weighted by Crippen LogP contribution is -2.31. The SMILES string of the molecule is CC.CNCCNC(=O)c1cc(NC(=O)C2CCC(C)O2)ccn1.COc1cccc(F)c1. The normalized spacial score (nSPS) is 16.4. The van der Waals surface area contributed by atoms with Crippen LogP contribution in [0.4, 0.5) is 10.1 Å². The third-order valence-corrected chi connectivity index (χ3v) is 4.48. The second-order valence-corrected chi connectivity index (χ2v) is 6.95. The number of hydrogen-bond donors (Lipinski definition) is 3. The number of rotatable bonds is 7. The Kier molecular flexibility index (Phi) is 13.3. The summed E-state index contributed by atoms with van der Waals surface area (Å²) in [5.41, 5.74) is 0.816. The van der Waals surface area contributed by atoms with E-state index in [2.05, 4.69) is 20.9 Å². The lowest BCUT2D eigenvalue weighted by molar-refractivity contribution is -0.126. The molecule has 0 saturated carbocycles. The van der Waals surface area contributed by atoms with Gasteiger partial charge in [0.25, 0.3) is 11.8 Å². The van der Waals surface area contributed by atoms with E-state index in [1.54, 1.807) is 24.3 Å². The van der Waals surface area contributed by atoms with E-state index in [-0.39, 0.29) is 29.4 Å². The van der Waals surface area contributed by atoms with Crippen molar-refractivity contribution in [2.75, 3.05) is 32.6 Å². The molecule has 8 nitrogen and oxygen atoms in total. The van der Waals surface area contributed by atoms with Crippen molar-refractivity contribution in [1.82, 2.24) is 15.6 Å². The molecule has 1 aliphatic heterocycles. The van der Waals surface area contributed by atoms with Crippen LogP contribution < -0.4 is 20.7 Å². The zero-order chi connectivity index (χ0) is 24.6. The van der Waals surface area contributed by atoms with Gasteiger partial charge in [-0.15, -0.1) is 0 Å². The number of benzene rings is 1. The third-order valence-electron chi connectivity index (χ3n) is 4.48. The fourth-order valence-corrected chi connectivity index (χ4v) is 2.84. The van der Waals surface area contributed by atoms with Crippen LogP contribution >= 0.6 is 0 Å². The Morgan fingerprint density at radius 3 is 2.52 bits per heavy atom. The van der Waals surface area contributed by atoms with E-state index in [1.165, 1.54) is 25.4 Å². The summed E-state index contributed by atoms with van der Waals surface area (Å²) in [4.78, 5) is 28.0. The van der Waals surface area contributed by atoms with E-state index in [0.717, 1.165) is 12.8 Å². The monoisotopic (exact) mass is 462 g/mol. The maximum absolute atomic E-state index is 12.3. The van der Waals surface area contributed by atoms with Crippen molar-refractivity contribution < 1.29 is 23.5 Å². The fraction of sp³-hybridized carbons (Fsp3) is 0.458. The smallest absolute Gasteiger partial charge is 0.269 e. The summed E-state index contributed by atoms with van der Waals surface area (Å²) in [6, 6.07) is 9.23. The van der Waals surface area contributed by atoms with Gasteiger partial charge < -0.3 is 25.4 Å². The van der Waals surface area contributed by atoms with Gasteiger partial charge in [0.15, 0.2) is 0 Å². The predicted molar refractivity (Wildman–Crippen MR) is 127 cm³/mol. The Labute approximate surface area is 195 Å². The Bertz CT molecular complexity index is 866. The summed E-state index contributed by atoms with van der Waals surface area (Å²) in [7, 11) is 3.32. The van der Waals surface area contributed by atoms with Crippen LogP contribution in [0, 0.1) is 5.82 Å². The number of likely N-dealkylation sites (N-methyl/N-ethyl adjacent to an activating group) is 1. The number of carbonyl (C=O) groups excluding carboxylic acids is 2. The molecule has 182 valence electrons. The van der Waals surface area contributed by atoms with E-state index in [4.69, 9.17) is 9.47 Å². The van der Waals surface area contributed by atoms with Crippen LogP contribution in [-0.4, -0.2) is 56.3 Å². The second kappa shape index (κ2) is 15.7. The average Bonchev–Trinajstić information content (AvgIpc) is 3.27. The number of anilines is 1. The molecule has 1 aromatic heterocycles. The third kappa shape index (κ3) is 10.4. The van der Waals surface area contributed by atoms with E-state index in [0.29, 0.717) is 24.5 Å². The van der Waals surface area contributed by atoms with E-state index in [9.17, 15) is 14.0 Å². The van der Waals surface area contributed by atoms with Gasteiger partial charge in [0, 0.05) is 31.0 Å². The molecule has 3 rings (SSSR count). The molecule has 2 aromatic rings. The molecular formula is C24H35FN4O4. The molecule has 0 bridgehead atoms. The maximum Gasteiger partial charge on any atom is 0.269 e. The van der Waals surface area contributed by atoms with Crippen molar-refractivity contribution in [2.45, 2.75) is 45.8 Å². The molecule has 1 fully saturated rings. The Balaban J connectivity index is 0.000000412. The van der Waals surface area contributed by atoms with Gasteiger partial charge in [-0.3, -0.25) is 14.6 Å². The minimum atomic E-state index is -0.420. The number of halogens is 1. The molecule has 0 aliphatic carbocycles. The molecule has 1 saturated heterocycles. The standard InChI is InChI=1S/C15H22N4O3.C7H7FO.C2H6/c1-10-3-4-13(22-10)15(21)19-11-5-6-17-12(9-11)14(20)18-8-7-16-2;1-9-7-4-2-3-6(8)5-7;1-2/h5-6,9-10,13,16H,3-4,7-8H2,1-2H3,(H,18,20)(H,17,19,21);2-5H,1H3;1-2H3. The highest BCUT2D eigenvalue weighted by molar-refractivity contribution is 5.97. The van der Waals surface area contributed by atoms with Gasteiger partial charge in [-0.1, -0.05) is 19.9 Å². The Hall–Kier alpha value is -3.04. The number of amides is 2. The molecule has 2 heterocycles. The zero-order valence-corrected chi connectivity index (χ0v) is 20.0. The van der Waals surface area contributed by atoms with Gasteiger partial charge in [-0.2, -0.15) is 0 Å². The Morgan fingerprint density at radius 1 is 1.18 bits per heavy atom. The first-order chi connectivity index (χ1) is 15.9. The van der Waals surface area contributed by atoms with Gasteiger partial charge in [0.1, 0.15) is 23.4 Å². The van der Waals surface area contributed by atoms with Crippen LogP contribution in [0.2, 0.25) is 0 Å². The fourth-order valence-electron chi connectivity index (χ4n) is 2.84. The van der Waals surface area contributed by atoms with E-state index < -0.39 is 6.10 Å². The first-order valence-corrected chi connectivity index (χ1v) is 11.1. The summed E-state index contributed by atoms with van der Waals surface area (Å²) in [5, 5.41) is 8.45. The van der Waals surface area contributed by atoms with Crippen LogP contribution in [0.5, 0.6) is 5.75 Å². The van der Waals surface area contributed by atoms with E-state index in [1.807, 2.05) is 27.8 Å². The summed E-state index contributed by atoms with van der Waals surface area (Å²) >= 11 is 0. The number of aromatic nitrogens is 1. The number of ether oxygens (including phenoxy) is 2.